The van der Waals surface area contributed by atoms with Gasteiger partial charge in [0.25, 0.3) is 10.0 Å². The lowest BCUT2D eigenvalue weighted by atomic mass is 10.0. The molecule has 0 radical (unpaired) electrons. The van der Waals surface area contributed by atoms with Crippen molar-refractivity contribution in [3.8, 4) is 16.5 Å². The van der Waals surface area contributed by atoms with E-state index in [4.69, 9.17) is 9.84 Å². The molecule has 1 saturated heterocycles. The standard InChI is InChI=1S/C26H29N3O4S2/c1-18(17-30)16-28-35(31,32)26(15-27)19(2)24-7-8-25(34-24)22-4-3-21-14-23(6-5-20(21)13-22)29-9-11-33-12-10-29/h3-8,13-14,18,28,30H,9-12,16-17H2,1-2H3/b26-19+. The van der Waals surface area contributed by atoms with Gasteiger partial charge in [0.05, 0.1) is 13.2 Å². The summed E-state index contributed by atoms with van der Waals surface area (Å²) in [7, 11) is -3.97. The molecule has 1 atom stereocenters. The van der Waals surface area contributed by atoms with Crippen molar-refractivity contribution in [2.45, 2.75) is 13.8 Å². The van der Waals surface area contributed by atoms with Crippen molar-refractivity contribution in [3.05, 3.63) is 58.3 Å². The Hall–Kier alpha value is -2.74. The molecule has 0 bridgehead atoms. The van der Waals surface area contributed by atoms with Crippen LogP contribution in [-0.2, 0) is 14.8 Å². The number of benzene rings is 2. The number of nitrogens with zero attached hydrogens (tertiary/aromatic N) is 2. The maximum absolute atomic E-state index is 12.7. The number of sulfonamides is 1. The van der Waals surface area contributed by atoms with E-state index in [0.29, 0.717) is 5.57 Å². The number of allylic oxidation sites excluding steroid dienone is 2. The minimum atomic E-state index is -3.97. The largest absolute Gasteiger partial charge is 0.396 e. The zero-order valence-corrected chi connectivity index (χ0v) is 21.5. The highest BCUT2D eigenvalue weighted by Gasteiger charge is 2.22. The smallest absolute Gasteiger partial charge is 0.251 e. The van der Waals surface area contributed by atoms with Crippen LogP contribution in [0.25, 0.3) is 26.8 Å². The SMILES string of the molecule is C/C(=C(/C#N)S(=O)(=O)NCC(C)CO)c1ccc(-c2ccc3cc(N4CCOCC4)ccc3c2)s1. The number of morpholine rings is 1. The molecule has 0 saturated carbocycles. The Morgan fingerprint density at radius 1 is 1.17 bits per heavy atom. The van der Waals surface area contributed by atoms with Crippen LogP contribution in [0.2, 0.25) is 0 Å². The second-order valence-electron chi connectivity index (χ2n) is 8.72. The van der Waals surface area contributed by atoms with Crippen LogP contribution in [0.15, 0.2) is 53.4 Å². The maximum Gasteiger partial charge on any atom is 0.251 e. The fraction of sp³-hybridized carbons (Fsp3) is 0.346. The first kappa shape index (κ1) is 25.4. The van der Waals surface area contributed by atoms with Crippen molar-refractivity contribution in [2.24, 2.45) is 5.92 Å². The van der Waals surface area contributed by atoms with E-state index in [0.717, 1.165) is 52.4 Å². The van der Waals surface area contributed by atoms with Gasteiger partial charge in [-0.2, -0.15) is 5.26 Å². The van der Waals surface area contributed by atoms with Crippen molar-refractivity contribution in [1.82, 2.24) is 4.72 Å². The molecule has 1 unspecified atom stereocenters. The quantitative estimate of drug-likeness (QED) is 0.439. The van der Waals surface area contributed by atoms with E-state index in [2.05, 4.69) is 46.0 Å². The molecule has 35 heavy (non-hydrogen) atoms. The van der Waals surface area contributed by atoms with E-state index >= 15 is 0 Å². The highest BCUT2D eigenvalue weighted by Crippen LogP contribution is 2.35. The van der Waals surface area contributed by atoms with Crippen molar-refractivity contribution < 1.29 is 18.3 Å². The number of aliphatic hydroxyl groups excluding tert-OH is 1. The lowest BCUT2D eigenvalue weighted by Gasteiger charge is -2.29. The number of fused-ring (bicyclic) bond motifs is 1. The second kappa shape index (κ2) is 10.9. The van der Waals surface area contributed by atoms with Crippen LogP contribution >= 0.6 is 11.3 Å². The average molecular weight is 512 g/mol. The molecule has 1 aromatic heterocycles. The van der Waals surface area contributed by atoms with E-state index in [9.17, 15) is 13.7 Å². The van der Waals surface area contributed by atoms with Gasteiger partial charge in [-0.15, -0.1) is 11.3 Å². The molecule has 184 valence electrons. The summed E-state index contributed by atoms with van der Waals surface area (Å²) in [6, 6.07) is 18.4. The molecule has 2 aromatic carbocycles. The van der Waals surface area contributed by atoms with E-state index in [1.807, 2.05) is 18.2 Å². The van der Waals surface area contributed by atoms with Gasteiger partial charge in [-0.1, -0.05) is 25.1 Å². The number of thiophene rings is 1. The topological polar surface area (TPSA) is 103 Å². The average Bonchev–Trinajstić information content (AvgIpc) is 3.38. The Morgan fingerprint density at radius 2 is 1.89 bits per heavy atom. The van der Waals surface area contributed by atoms with Crippen LogP contribution in [-0.4, -0.2) is 53.0 Å². The Labute approximate surface area is 210 Å². The summed E-state index contributed by atoms with van der Waals surface area (Å²) in [6.07, 6.45) is 0. The number of hydrogen-bond donors (Lipinski definition) is 2. The minimum absolute atomic E-state index is 0.0668. The van der Waals surface area contributed by atoms with E-state index in [1.165, 1.54) is 17.0 Å². The number of hydrogen-bond acceptors (Lipinski definition) is 7. The molecule has 4 rings (SSSR count). The summed E-state index contributed by atoms with van der Waals surface area (Å²) in [6.45, 7) is 6.59. The molecule has 1 fully saturated rings. The van der Waals surface area contributed by atoms with Gasteiger partial charge < -0.3 is 14.7 Å². The molecule has 7 nitrogen and oxygen atoms in total. The molecular weight excluding hydrogens is 482 g/mol. The fourth-order valence-electron chi connectivity index (χ4n) is 3.95. The normalized spacial score (nSPS) is 16.1. The van der Waals surface area contributed by atoms with E-state index in [1.54, 1.807) is 13.8 Å². The van der Waals surface area contributed by atoms with Gasteiger partial charge in [0.15, 0.2) is 4.91 Å². The summed E-state index contributed by atoms with van der Waals surface area (Å²) in [4.78, 5) is 3.75. The molecule has 2 N–H and O–H groups in total. The lowest BCUT2D eigenvalue weighted by molar-refractivity contribution is 0.122. The van der Waals surface area contributed by atoms with Crippen molar-refractivity contribution in [2.75, 3.05) is 44.4 Å². The van der Waals surface area contributed by atoms with Crippen molar-refractivity contribution in [3.63, 3.8) is 0 Å². The highest BCUT2D eigenvalue weighted by atomic mass is 32.2. The van der Waals surface area contributed by atoms with Crippen LogP contribution in [0, 0.1) is 17.2 Å². The van der Waals surface area contributed by atoms with Gasteiger partial charge in [-0.25, -0.2) is 13.1 Å². The number of rotatable bonds is 8. The first-order valence-corrected chi connectivity index (χ1v) is 13.8. The Morgan fingerprint density at radius 3 is 2.60 bits per heavy atom. The maximum atomic E-state index is 12.7. The molecule has 3 aromatic rings. The number of anilines is 1. The Kier molecular flexibility index (Phi) is 7.89. The summed E-state index contributed by atoms with van der Waals surface area (Å²) >= 11 is 1.45. The first-order valence-electron chi connectivity index (χ1n) is 11.5. The Balaban J connectivity index is 1.59. The number of ether oxygens (including phenoxy) is 1. The van der Waals surface area contributed by atoms with Crippen molar-refractivity contribution >= 4 is 43.4 Å². The van der Waals surface area contributed by atoms with Gasteiger partial charge in [0, 0.05) is 41.7 Å². The highest BCUT2D eigenvalue weighted by molar-refractivity contribution is 7.93. The third-order valence-electron chi connectivity index (χ3n) is 6.10. The molecule has 1 aliphatic heterocycles. The lowest BCUT2D eigenvalue weighted by Crippen LogP contribution is -2.36. The predicted molar refractivity (Wildman–Crippen MR) is 142 cm³/mol. The van der Waals surface area contributed by atoms with Gasteiger partial charge in [-0.05, 0) is 65.1 Å². The number of aliphatic hydroxyl groups is 1. The zero-order valence-electron chi connectivity index (χ0n) is 19.8. The third-order valence-corrected chi connectivity index (χ3v) is 8.84. The first-order chi connectivity index (χ1) is 16.8. The molecule has 0 spiro atoms. The molecule has 1 aliphatic rings. The van der Waals surface area contributed by atoms with Gasteiger partial charge >= 0.3 is 0 Å². The minimum Gasteiger partial charge on any atom is -0.396 e. The summed E-state index contributed by atoms with van der Waals surface area (Å²) < 4.78 is 33.2. The fourth-order valence-corrected chi connectivity index (χ4v) is 6.30. The van der Waals surface area contributed by atoms with Crippen LogP contribution < -0.4 is 9.62 Å². The van der Waals surface area contributed by atoms with Crippen molar-refractivity contribution in [1.29, 1.82) is 5.26 Å². The summed E-state index contributed by atoms with van der Waals surface area (Å²) in [5, 5.41) is 21.0. The molecule has 9 heteroatoms. The van der Waals surface area contributed by atoms with Crippen LogP contribution in [0.4, 0.5) is 5.69 Å². The third kappa shape index (κ3) is 5.74. The predicted octanol–water partition coefficient (Wildman–Crippen LogP) is 4.21. The zero-order chi connectivity index (χ0) is 25.0. The Bertz CT molecular complexity index is 1380. The van der Waals surface area contributed by atoms with E-state index in [-0.39, 0.29) is 24.0 Å². The number of nitriles is 1. The van der Waals surface area contributed by atoms with Gasteiger partial charge in [0.2, 0.25) is 0 Å². The van der Waals surface area contributed by atoms with Gasteiger partial charge in [0.1, 0.15) is 6.07 Å². The summed E-state index contributed by atoms with van der Waals surface area (Å²) in [5.41, 5.74) is 2.64. The number of nitrogens with one attached hydrogen (secondary N) is 1. The molecular formula is C26H29N3O4S2. The monoisotopic (exact) mass is 511 g/mol. The molecule has 0 amide bonds. The van der Waals surface area contributed by atoms with Crippen LogP contribution in [0.3, 0.4) is 0 Å². The van der Waals surface area contributed by atoms with Crippen LogP contribution in [0.1, 0.15) is 18.7 Å². The summed E-state index contributed by atoms with van der Waals surface area (Å²) in [5.74, 6) is -0.240. The van der Waals surface area contributed by atoms with E-state index < -0.39 is 10.0 Å². The second-order valence-corrected chi connectivity index (χ2v) is 11.5. The van der Waals surface area contributed by atoms with Crippen LogP contribution in [0.5, 0.6) is 0 Å². The molecule has 2 heterocycles. The van der Waals surface area contributed by atoms with Gasteiger partial charge in [-0.3, -0.25) is 0 Å². The molecule has 0 aliphatic carbocycles.